The van der Waals surface area contributed by atoms with Crippen LogP contribution < -0.4 is 0 Å². The maximum Gasteiger partial charge on any atom is 0.200 e. The molecule has 0 N–H and O–H groups in total. The number of nitrogens with zero attached hydrogens (tertiary/aromatic N) is 4. The smallest absolute Gasteiger partial charge is 0.200 e. The molecule has 0 amide bonds. The number of aromatic nitrogens is 2. The highest BCUT2D eigenvalue weighted by Crippen LogP contribution is 2.23. The van der Waals surface area contributed by atoms with E-state index < -0.39 is 0 Å². The number of ketones is 1. The predicted molar refractivity (Wildman–Crippen MR) is 77.9 cm³/mol. The van der Waals surface area contributed by atoms with Crippen LogP contribution in [0.4, 0.5) is 0 Å². The molecule has 4 rings (SSSR count). The average molecular weight is 343 g/mol. The number of methoxy groups -OCH3 is 1. The summed E-state index contributed by atoms with van der Waals surface area (Å²) in [5, 5.41) is 4.27. The summed E-state index contributed by atoms with van der Waals surface area (Å²) < 4.78 is 7.60. The molecule has 4 heterocycles. The van der Waals surface area contributed by atoms with E-state index in [4.69, 9.17) is 4.74 Å². The number of fused-ring (bicyclic) bond motifs is 3. The molecule has 0 spiro atoms. The zero-order valence-corrected chi connectivity index (χ0v) is 13.2. The summed E-state index contributed by atoms with van der Waals surface area (Å²) in [5.41, 5.74) is 0.667. The van der Waals surface area contributed by atoms with Crippen LogP contribution in [0.25, 0.3) is 0 Å². The molecular formula is C13H19BrN4O2. The van der Waals surface area contributed by atoms with E-state index >= 15 is 0 Å². The second-order valence-corrected chi connectivity index (χ2v) is 6.13. The van der Waals surface area contributed by atoms with Gasteiger partial charge in [0.05, 0.1) is 29.9 Å². The van der Waals surface area contributed by atoms with Crippen molar-refractivity contribution in [3.63, 3.8) is 0 Å². The maximum absolute atomic E-state index is 12.9. The highest BCUT2D eigenvalue weighted by molar-refractivity contribution is 9.10. The number of carbonyl (C=O) groups is 1. The lowest BCUT2D eigenvalue weighted by molar-refractivity contribution is 0.0152. The van der Waals surface area contributed by atoms with Gasteiger partial charge in [-0.05, 0) is 15.9 Å². The van der Waals surface area contributed by atoms with Crippen molar-refractivity contribution < 1.29 is 9.53 Å². The van der Waals surface area contributed by atoms with Gasteiger partial charge in [-0.1, -0.05) is 0 Å². The molecule has 1 unspecified atom stereocenters. The van der Waals surface area contributed by atoms with Crippen LogP contribution in [-0.4, -0.2) is 77.8 Å². The topological polar surface area (TPSA) is 50.6 Å². The summed E-state index contributed by atoms with van der Waals surface area (Å²) in [7, 11) is 1.65. The van der Waals surface area contributed by atoms with Gasteiger partial charge in [0.15, 0.2) is 5.78 Å². The van der Waals surface area contributed by atoms with Crippen LogP contribution in [0.2, 0.25) is 0 Å². The van der Waals surface area contributed by atoms with Crippen molar-refractivity contribution in [3.05, 3.63) is 16.4 Å². The number of hydrogen-bond donors (Lipinski definition) is 0. The second kappa shape index (κ2) is 5.93. The highest BCUT2D eigenvalue weighted by Gasteiger charge is 2.38. The molecule has 3 aliphatic heterocycles. The van der Waals surface area contributed by atoms with Crippen LogP contribution >= 0.6 is 15.9 Å². The first-order chi connectivity index (χ1) is 9.70. The average Bonchev–Trinajstić information content (AvgIpc) is 2.86. The number of piperazine rings is 3. The minimum absolute atomic E-state index is 0.0354. The van der Waals surface area contributed by atoms with Crippen molar-refractivity contribution in [1.29, 1.82) is 0 Å². The fourth-order valence-corrected chi connectivity index (χ4v) is 3.47. The maximum atomic E-state index is 12.9. The van der Waals surface area contributed by atoms with E-state index in [0.717, 1.165) is 37.2 Å². The zero-order chi connectivity index (χ0) is 14.1. The fourth-order valence-electron chi connectivity index (χ4n) is 2.98. The molecule has 0 aliphatic carbocycles. The van der Waals surface area contributed by atoms with Crippen molar-refractivity contribution in [1.82, 2.24) is 19.6 Å². The number of carbonyl (C=O) groups excluding carboxylic acids is 1. The molecule has 7 heteroatoms. The lowest BCUT2D eigenvalue weighted by Gasteiger charge is -2.46. The molecule has 20 heavy (non-hydrogen) atoms. The molecule has 0 radical (unpaired) electrons. The lowest BCUT2D eigenvalue weighted by Crippen LogP contribution is -2.63. The van der Waals surface area contributed by atoms with Crippen LogP contribution in [0.1, 0.15) is 10.5 Å². The van der Waals surface area contributed by atoms with Gasteiger partial charge in [-0.2, -0.15) is 5.10 Å². The monoisotopic (exact) mass is 342 g/mol. The van der Waals surface area contributed by atoms with E-state index in [1.165, 1.54) is 0 Å². The van der Waals surface area contributed by atoms with Crippen LogP contribution in [0.5, 0.6) is 0 Å². The van der Waals surface area contributed by atoms with Gasteiger partial charge in [0.25, 0.3) is 0 Å². The summed E-state index contributed by atoms with van der Waals surface area (Å²) in [6, 6.07) is -0.0354. The molecule has 0 aromatic carbocycles. The first-order valence-corrected chi connectivity index (χ1v) is 7.71. The molecule has 1 aromatic rings. The SMILES string of the molecule is COCCn1ncc(Br)c1C(=O)C1CN2CCN1CC2. The Hall–Kier alpha value is -0.760. The molecule has 3 saturated heterocycles. The van der Waals surface area contributed by atoms with E-state index in [1.807, 2.05) is 0 Å². The Bertz CT molecular complexity index is 497. The van der Waals surface area contributed by atoms with Gasteiger partial charge in [0.2, 0.25) is 0 Å². The Morgan fingerprint density at radius 3 is 2.80 bits per heavy atom. The third-order valence-corrected chi connectivity index (χ3v) is 4.70. The molecule has 1 atom stereocenters. The summed E-state index contributed by atoms with van der Waals surface area (Å²) >= 11 is 3.45. The summed E-state index contributed by atoms with van der Waals surface area (Å²) in [6.45, 7) is 6.11. The molecule has 1 aromatic heterocycles. The zero-order valence-electron chi connectivity index (χ0n) is 11.6. The van der Waals surface area contributed by atoms with Gasteiger partial charge in [0, 0.05) is 39.8 Å². The van der Waals surface area contributed by atoms with Crippen LogP contribution in [-0.2, 0) is 11.3 Å². The van der Waals surface area contributed by atoms with E-state index in [0.29, 0.717) is 18.8 Å². The number of halogens is 1. The number of Topliss-reactive ketones (excluding diaryl/α,β-unsaturated/α-hetero) is 1. The van der Waals surface area contributed by atoms with E-state index in [2.05, 4.69) is 30.8 Å². The van der Waals surface area contributed by atoms with Gasteiger partial charge in [0.1, 0.15) is 5.69 Å². The van der Waals surface area contributed by atoms with Gasteiger partial charge in [-0.15, -0.1) is 0 Å². The Labute approximate surface area is 126 Å². The quantitative estimate of drug-likeness (QED) is 0.728. The van der Waals surface area contributed by atoms with Crippen molar-refractivity contribution in [2.75, 3.05) is 46.4 Å². The Morgan fingerprint density at radius 2 is 2.20 bits per heavy atom. The molecule has 3 fully saturated rings. The molecule has 0 saturated carbocycles. The van der Waals surface area contributed by atoms with Crippen molar-refractivity contribution in [2.24, 2.45) is 0 Å². The molecule has 6 nitrogen and oxygen atoms in total. The van der Waals surface area contributed by atoms with Gasteiger partial charge >= 0.3 is 0 Å². The molecule has 3 aliphatic rings. The minimum Gasteiger partial charge on any atom is -0.383 e. The Balaban J connectivity index is 1.81. The number of ether oxygens (including phenoxy) is 1. The summed E-state index contributed by atoms with van der Waals surface area (Å²) in [6.07, 6.45) is 1.69. The van der Waals surface area contributed by atoms with Crippen molar-refractivity contribution in [3.8, 4) is 0 Å². The van der Waals surface area contributed by atoms with Crippen LogP contribution in [0.15, 0.2) is 10.7 Å². The van der Waals surface area contributed by atoms with Gasteiger partial charge in [-0.25, -0.2) is 0 Å². The van der Waals surface area contributed by atoms with Crippen molar-refractivity contribution in [2.45, 2.75) is 12.6 Å². The fraction of sp³-hybridized carbons (Fsp3) is 0.692. The number of hydrogen-bond acceptors (Lipinski definition) is 5. The molecular weight excluding hydrogens is 324 g/mol. The predicted octanol–water partition coefficient (Wildman–Crippen LogP) is 0.474. The van der Waals surface area contributed by atoms with E-state index in [9.17, 15) is 4.79 Å². The minimum atomic E-state index is -0.0354. The van der Waals surface area contributed by atoms with Crippen LogP contribution in [0.3, 0.4) is 0 Å². The van der Waals surface area contributed by atoms with Crippen molar-refractivity contribution >= 4 is 21.7 Å². The third-order valence-electron chi connectivity index (χ3n) is 4.12. The summed E-state index contributed by atoms with van der Waals surface area (Å²) in [4.78, 5) is 17.5. The Kier molecular flexibility index (Phi) is 4.21. The largest absolute Gasteiger partial charge is 0.383 e. The molecule has 110 valence electrons. The number of rotatable bonds is 5. The third kappa shape index (κ3) is 2.55. The summed E-state index contributed by atoms with van der Waals surface area (Å²) in [5.74, 6) is 0.162. The lowest BCUT2D eigenvalue weighted by atomic mass is 10.0. The Morgan fingerprint density at radius 1 is 1.45 bits per heavy atom. The molecule has 2 bridgehead atoms. The standard InChI is InChI=1S/C13H19BrN4O2/c1-20-7-6-18-12(10(14)8-15-18)13(19)11-9-16-2-4-17(11)5-3-16/h8,11H,2-7,9H2,1H3. The first kappa shape index (κ1) is 14.2. The normalized spacial score (nSPS) is 28.8. The van der Waals surface area contributed by atoms with Crippen LogP contribution in [0, 0.1) is 0 Å². The first-order valence-electron chi connectivity index (χ1n) is 6.91. The van der Waals surface area contributed by atoms with E-state index in [1.54, 1.807) is 18.0 Å². The van der Waals surface area contributed by atoms with Gasteiger partial charge in [-0.3, -0.25) is 19.3 Å². The van der Waals surface area contributed by atoms with E-state index in [-0.39, 0.29) is 11.8 Å². The second-order valence-electron chi connectivity index (χ2n) is 5.27. The van der Waals surface area contributed by atoms with Gasteiger partial charge < -0.3 is 4.74 Å². The highest BCUT2D eigenvalue weighted by atomic mass is 79.9.